The van der Waals surface area contributed by atoms with E-state index in [9.17, 15) is 23.5 Å². The summed E-state index contributed by atoms with van der Waals surface area (Å²) in [6, 6.07) is 10.8. The van der Waals surface area contributed by atoms with E-state index in [2.05, 4.69) is 49.6 Å². The topological polar surface area (TPSA) is 96.9 Å². The Kier molecular flexibility index (Phi) is 8.33. The molecule has 0 aromatic heterocycles. The summed E-state index contributed by atoms with van der Waals surface area (Å²) < 4.78 is 38.2. The van der Waals surface area contributed by atoms with Gasteiger partial charge in [0, 0.05) is 25.1 Å². The van der Waals surface area contributed by atoms with Gasteiger partial charge in [-0.05, 0) is 66.3 Å². The molecule has 1 heterocycles. The first kappa shape index (κ1) is 29.0. The molecule has 39 heavy (non-hydrogen) atoms. The fourth-order valence-electron chi connectivity index (χ4n) is 5.63. The molecule has 4 rings (SSSR count). The minimum Gasteiger partial charge on any atom is -0.430 e. The second kappa shape index (κ2) is 11.2. The maximum Gasteiger partial charge on any atom is 0.509 e. The summed E-state index contributed by atoms with van der Waals surface area (Å²) in [6.45, 7) is 8.12. The fourth-order valence-corrected chi connectivity index (χ4v) is 5.63. The third kappa shape index (κ3) is 6.94. The molecule has 2 fully saturated rings. The number of rotatable bonds is 8. The molecule has 2 unspecified atom stereocenters. The Hall–Kier alpha value is -3.04. The number of aliphatic hydroxyl groups excluding tert-OH is 1. The minimum absolute atomic E-state index is 0.0556. The van der Waals surface area contributed by atoms with Crippen LogP contribution in [0.3, 0.4) is 0 Å². The Morgan fingerprint density at radius 2 is 1.74 bits per heavy atom. The lowest BCUT2D eigenvalue weighted by Crippen LogP contribution is -2.55. The van der Waals surface area contributed by atoms with Crippen molar-refractivity contribution in [2.45, 2.75) is 88.5 Å². The molecule has 0 bridgehead atoms. The highest BCUT2D eigenvalue weighted by atomic mass is 19.1. The van der Waals surface area contributed by atoms with Gasteiger partial charge in [0.2, 0.25) is 5.91 Å². The number of amides is 1. The third-order valence-corrected chi connectivity index (χ3v) is 7.93. The quantitative estimate of drug-likeness (QED) is 0.419. The van der Waals surface area contributed by atoms with Crippen molar-refractivity contribution in [3.8, 4) is 0 Å². The minimum atomic E-state index is -1.05. The standard InChI is InChI=1S/C30H38F2N2O5/c1-19(35)34-25(14-20-12-23(31)16-24(32)13-20)26(36)17-33-30(22-7-5-6-21(15-22)28(2,3)4)10-8-29(9-11-30)18-38-27(37)39-29/h5-7,12-13,15-16,25-26,33,36H,8-11,14,17-18H2,1-4H3,(H,34,35). The van der Waals surface area contributed by atoms with Crippen LogP contribution in [0.1, 0.15) is 70.1 Å². The van der Waals surface area contributed by atoms with Crippen LogP contribution >= 0.6 is 0 Å². The molecular weight excluding hydrogens is 506 g/mol. The van der Waals surface area contributed by atoms with Crippen LogP contribution in [-0.2, 0) is 31.6 Å². The number of benzene rings is 2. The van der Waals surface area contributed by atoms with E-state index < -0.39 is 41.1 Å². The lowest BCUT2D eigenvalue weighted by atomic mass is 9.70. The van der Waals surface area contributed by atoms with Crippen molar-refractivity contribution in [2.24, 2.45) is 0 Å². The Labute approximate surface area is 228 Å². The summed E-state index contributed by atoms with van der Waals surface area (Å²) in [5.41, 5.74) is 1.31. The van der Waals surface area contributed by atoms with Crippen molar-refractivity contribution < 1.29 is 33.0 Å². The number of nitrogens with one attached hydrogen (secondary N) is 2. The molecule has 3 N–H and O–H groups in total. The van der Waals surface area contributed by atoms with E-state index in [0.29, 0.717) is 31.2 Å². The van der Waals surface area contributed by atoms with E-state index in [1.807, 2.05) is 6.07 Å². The van der Waals surface area contributed by atoms with Gasteiger partial charge in [-0.15, -0.1) is 0 Å². The van der Waals surface area contributed by atoms with Gasteiger partial charge in [0.1, 0.15) is 23.8 Å². The van der Waals surface area contributed by atoms with E-state index >= 15 is 0 Å². The molecule has 0 radical (unpaired) electrons. The first-order valence-electron chi connectivity index (χ1n) is 13.4. The summed E-state index contributed by atoms with van der Waals surface area (Å²) in [5.74, 6) is -1.79. The first-order chi connectivity index (χ1) is 18.3. The molecular formula is C30H38F2N2O5. The van der Waals surface area contributed by atoms with E-state index in [-0.39, 0.29) is 30.9 Å². The molecule has 1 spiro atoms. The molecule has 2 aliphatic rings. The molecule has 9 heteroatoms. The predicted octanol–water partition coefficient (Wildman–Crippen LogP) is 4.64. The highest BCUT2D eigenvalue weighted by molar-refractivity contribution is 5.73. The molecule has 1 aliphatic carbocycles. The molecule has 2 aromatic carbocycles. The molecule has 1 aliphatic heterocycles. The molecule has 1 amide bonds. The number of carbonyl (C=O) groups excluding carboxylic acids is 2. The number of halogens is 2. The van der Waals surface area contributed by atoms with Crippen LogP contribution < -0.4 is 10.6 Å². The fraction of sp³-hybridized carbons (Fsp3) is 0.533. The van der Waals surface area contributed by atoms with Crippen molar-refractivity contribution in [1.29, 1.82) is 0 Å². The average Bonchev–Trinajstić information content (AvgIpc) is 3.22. The van der Waals surface area contributed by atoms with Gasteiger partial charge in [-0.2, -0.15) is 0 Å². The molecule has 7 nitrogen and oxygen atoms in total. The van der Waals surface area contributed by atoms with Crippen LogP contribution in [-0.4, -0.2) is 48.1 Å². The molecule has 2 aromatic rings. The third-order valence-electron chi connectivity index (χ3n) is 7.93. The number of cyclic esters (lactones) is 1. The van der Waals surface area contributed by atoms with E-state index in [4.69, 9.17) is 9.47 Å². The lowest BCUT2D eigenvalue weighted by Gasteiger charge is -2.45. The zero-order valence-corrected chi connectivity index (χ0v) is 23.0. The average molecular weight is 545 g/mol. The summed E-state index contributed by atoms with van der Waals surface area (Å²) in [5, 5.41) is 17.5. The van der Waals surface area contributed by atoms with Gasteiger partial charge in [0.15, 0.2) is 0 Å². The van der Waals surface area contributed by atoms with Crippen LogP contribution in [0, 0.1) is 11.6 Å². The van der Waals surface area contributed by atoms with Gasteiger partial charge in [-0.3, -0.25) is 4.79 Å². The van der Waals surface area contributed by atoms with E-state index in [1.165, 1.54) is 24.6 Å². The number of hydrogen-bond acceptors (Lipinski definition) is 6. The van der Waals surface area contributed by atoms with Gasteiger partial charge in [-0.25, -0.2) is 13.6 Å². The molecule has 1 saturated carbocycles. The zero-order chi connectivity index (χ0) is 28.4. The molecule has 2 atom stereocenters. The van der Waals surface area contributed by atoms with Gasteiger partial charge < -0.3 is 25.2 Å². The molecule has 212 valence electrons. The highest BCUT2D eigenvalue weighted by Gasteiger charge is 2.50. The maximum atomic E-state index is 13.8. The van der Waals surface area contributed by atoms with Gasteiger partial charge >= 0.3 is 6.16 Å². The largest absolute Gasteiger partial charge is 0.509 e. The number of hydrogen-bond donors (Lipinski definition) is 3. The Morgan fingerprint density at radius 1 is 1.08 bits per heavy atom. The Bertz CT molecular complexity index is 1180. The summed E-state index contributed by atoms with van der Waals surface area (Å²) in [4.78, 5) is 23.6. The van der Waals surface area contributed by atoms with Crippen molar-refractivity contribution >= 4 is 12.1 Å². The second-order valence-electron chi connectivity index (χ2n) is 12.0. The Balaban J connectivity index is 1.57. The van der Waals surface area contributed by atoms with Crippen LogP contribution in [0.15, 0.2) is 42.5 Å². The number of ether oxygens (including phenoxy) is 2. The van der Waals surface area contributed by atoms with Crippen LogP contribution in [0.2, 0.25) is 0 Å². The van der Waals surface area contributed by atoms with E-state index in [0.717, 1.165) is 11.6 Å². The SMILES string of the molecule is CC(=O)NC(Cc1cc(F)cc(F)c1)C(O)CNC1(c2cccc(C(C)(C)C)c2)CCC2(CC1)COC(=O)O2. The predicted molar refractivity (Wildman–Crippen MR) is 142 cm³/mol. The van der Waals surface area contributed by atoms with Crippen LogP contribution in [0.4, 0.5) is 13.6 Å². The second-order valence-corrected chi connectivity index (χ2v) is 12.0. The van der Waals surface area contributed by atoms with Crippen molar-refractivity contribution in [3.05, 3.63) is 70.8 Å². The smallest absolute Gasteiger partial charge is 0.430 e. The zero-order valence-electron chi connectivity index (χ0n) is 23.0. The summed E-state index contributed by atoms with van der Waals surface area (Å²) in [6.07, 6.45) is 0.783. The van der Waals surface area contributed by atoms with E-state index in [1.54, 1.807) is 0 Å². The Morgan fingerprint density at radius 3 is 2.31 bits per heavy atom. The van der Waals surface area contributed by atoms with Gasteiger partial charge in [-0.1, -0.05) is 45.0 Å². The summed E-state index contributed by atoms with van der Waals surface area (Å²) >= 11 is 0. The van der Waals surface area contributed by atoms with Gasteiger partial charge in [0.05, 0.1) is 12.1 Å². The summed E-state index contributed by atoms with van der Waals surface area (Å²) in [7, 11) is 0. The van der Waals surface area contributed by atoms with Gasteiger partial charge in [0.25, 0.3) is 0 Å². The first-order valence-corrected chi connectivity index (χ1v) is 13.4. The normalized spacial score (nSPS) is 24.6. The highest BCUT2D eigenvalue weighted by Crippen LogP contribution is 2.45. The van der Waals surface area contributed by atoms with Crippen molar-refractivity contribution in [1.82, 2.24) is 10.6 Å². The molecule has 1 saturated heterocycles. The van der Waals surface area contributed by atoms with Crippen molar-refractivity contribution in [2.75, 3.05) is 13.2 Å². The lowest BCUT2D eigenvalue weighted by molar-refractivity contribution is -0.120. The maximum absolute atomic E-state index is 13.8. The van der Waals surface area contributed by atoms with Crippen LogP contribution in [0.5, 0.6) is 0 Å². The van der Waals surface area contributed by atoms with Crippen LogP contribution in [0.25, 0.3) is 0 Å². The monoisotopic (exact) mass is 544 g/mol. The number of carbonyl (C=O) groups is 2. The van der Waals surface area contributed by atoms with Crippen molar-refractivity contribution in [3.63, 3.8) is 0 Å². The number of aliphatic hydroxyl groups is 1.